The minimum Gasteiger partial charge on any atom is -0.368 e. The average molecular weight is 487 g/mol. The smallest absolute Gasteiger partial charge is 0.161 e. The highest BCUT2D eigenvalue weighted by Crippen LogP contribution is 2.35. The van der Waals surface area contributed by atoms with Crippen molar-refractivity contribution in [2.24, 2.45) is 0 Å². The Balaban J connectivity index is 1.28. The standard InChI is InChI=1S/C26H27ClN8/c1-17(2)33-9-11-34(12-10-33)20-5-6-24(29-16-20)31-23-14-21(25(27)35-8-7-28-26(23)35)18-3-4-19-15-30-32-22(19)13-18/h3-8,13-17H,9-12H2,1-2H3,(H,29,31)(H,30,32). The van der Waals surface area contributed by atoms with E-state index in [9.17, 15) is 0 Å². The van der Waals surface area contributed by atoms with Gasteiger partial charge in [-0.05, 0) is 43.7 Å². The molecule has 0 spiro atoms. The van der Waals surface area contributed by atoms with Crippen LogP contribution in [0.5, 0.6) is 0 Å². The van der Waals surface area contributed by atoms with Gasteiger partial charge in [0, 0.05) is 55.6 Å². The largest absolute Gasteiger partial charge is 0.368 e. The van der Waals surface area contributed by atoms with Gasteiger partial charge in [0.25, 0.3) is 0 Å². The number of nitrogens with zero attached hydrogens (tertiary/aromatic N) is 6. The lowest BCUT2D eigenvalue weighted by molar-refractivity contribution is 0.209. The fourth-order valence-corrected chi connectivity index (χ4v) is 5.04. The zero-order valence-electron chi connectivity index (χ0n) is 19.7. The summed E-state index contributed by atoms with van der Waals surface area (Å²) in [7, 11) is 0. The Bertz CT molecular complexity index is 1480. The van der Waals surface area contributed by atoms with Crippen molar-refractivity contribution in [2.45, 2.75) is 19.9 Å². The molecule has 178 valence electrons. The van der Waals surface area contributed by atoms with Gasteiger partial charge in [-0.2, -0.15) is 5.10 Å². The summed E-state index contributed by atoms with van der Waals surface area (Å²) in [5.74, 6) is 0.761. The molecule has 5 heterocycles. The molecular weight excluding hydrogens is 460 g/mol. The molecule has 0 saturated carbocycles. The molecule has 0 aliphatic carbocycles. The SMILES string of the molecule is CC(C)N1CCN(c2ccc(Nc3cc(-c4ccc5cn[nH]c5c4)c(Cl)n4ccnc34)nc2)CC1. The summed E-state index contributed by atoms with van der Waals surface area (Å²) in [5.41, 5.74) is 5.59. The first-order valence-electron chi connectivity index (χ1n) is 11.9. The molecule has 0 atom stereocenters. The van der Waals surface area contributed by atoms with Crippen LogP contribution in [-0.4, -0.2) is 61.7 Å². The number of anilines is 3. The number of benzene rings is 1. The van der Waals surface area contributed by atoms with Crippen LogP contribution >= 0.6 is 11.6 Å². The minimum absolute atomic E-state index is 0.590. The lowest BCUT2D eigenvalue weighted by atomic mass is 10.1. The Labute approximate surface area is 208 Å². The van der Waals surface area contributed by atoms with Crippen LogP contribution < -0.4 is 10.2 Å². The lowest BCUT2D eigenvalue weighted by Gasteiger charge is -2.38. The van der Waals surface area contributed by atoms with E-state index in [4.69, 9.17) is 16.6 Å². The molecule has 1 saturated heterocycles. The van der Waals surface area contributed by atoms with Gasteiger partial charge in [-0.15, -0.1) is 0 Å². The van der Waals surface area contributed by atoms with Crippen molar-refractivity contribution in [3.8, 4) is 11.1 Å². The first-order valence-corrected chi connectivity index (χ1v) is 12.3. The number of aromatic nitrogens is 5. The van der Waals surface area contributed by atoms with Gasteiger partial charge in [0.1, 0.15) is 11.0 Å². The van der Waals surface area contributed by atoms with Crippen molar-refractivity contribution in [2.75, 3.05) is 36.4 Å². The molecule has 9 heteroatoms. The summed E-state index contributed by atoms with van der Waals surface area (Å²) >= 11 is 6.80. The van der Waals surface area contributed by atoms with Crippen LogP contribution in [0.3, 0.4) is 0 Å². The molecule has 1 aliphatic heterocycles. The van der Waals surface area contributed by atoms with Gasteiger partial charge in [0.05, 0.1) is 29.3 Å². The minimum atomic E-state index is 0.590. The zero-order valence-corrected chi connectivity index (χ0v) is 20.5. The van der Waals surface area contributed by atoms with E-state index in [1.165, 1.54) is 0 Å². The van der Waals surface area contributed by atoms with Crippen LogP contribution in [0.4, 0.5) is 17.2 Å². The number of imidazole rings is 1. The van der Waals surface area contributed by atoms with Crippen molar-refractivity contribution in [1.29, 1.82) is 0 Å². The number of piperazine rings is 1. The van der Waals surface area contributed by atoms with E-state index < -0.39 is 0 Å². The Kier molecular flexibility index (Phi) is 5.54. The number of H-pyrrole nitrogens is 1. The van der Waals surface area contributed by atoms with E-state index in [1.54, 1.807) is 6.20 Å². The van der Waals surface area contributed by atoms with Crippen LogP contribution in [-0.2, 0) is 0 Å². The average Bonchev–Trinajstić information content (AvgIpc) is 3.56. The zero-order chi connectivity index (χ0) is 23.9. The lowest BCUT2D eigenvalue weighted by Crippen LogP contribution is -2.48. The van der Waals surface area contributed by atoms with E-state index in [1.807, 2.05) is 41.2 Å². The van der Waals surface area contributed by atoms with Crippen molar-refractivity contribution in [3.05, 3.63) is 66.3 Å². The summed E-state index contributed by atoms with van der Waals surface area (Å²) in [5, 5.41) is 12.3. The highest BCUT2D eigenvalue weighted by molar-refractivity contribution is 6.32. The summed E-state index contributed by atoms with van der Waals surface area (Å²) in [6.07, 6.45) is 7.38. The predicted octanol–water partition coefficient (Wildman–Crippen LogP) is 5.20. The maximum absolute atomic E-state index is 6.80. The van der Waals surface area contributed by atoms with Crippen LogP contribution in [0.1, 0.15) is 13.8 Å². The maximum atomic E-state index is 6.80. The van der Waals surface area contributed by atoms with Crippen molar-refractivity contribution < 1.29 is 0 Å². The number of pyridine rings is 2. The Morgan fingerprint density at radius 1 is 1.00 bits per heavy atom. The number of fused-ring (bicyclic) bond motifs is 2. The number of hydrogen-bond acceptors (Lipinski definition) is 6. The molecule has 1 aliphatic rings. The fraction of sp³-hybridized carbons (Fsp3) is 0.269. The van der Waals surface area contributed by atoms with Gasteiger partial charge in [-0.25, -0.2) is 9.97 Å². The molecule has 0 bridgehead atoms. The first kappa shape index (κ1) is 21.9. The number of rotatable bonds is 5. The molecule has 5 aromatic rings. The molecule has 2 N–H and O–H groups in total. The monoisotopic (exact) mass is 486 g/mol. The number of halogens is 1. The number of hydrogen-bond donors (Lipinski definition) is 2. The van der Waals surface area contributed by atoms with Crippen molar-refractivity contribution >= 4 is 45.3 Å². The van der Waals surface area contributed by atoms with Gasteiger partial charge >= 0.3 is 0 Å². The van der Waals surface area contributed by atoms with Crippen molar-refractivity contribution in [1.82, 2.24) is 29.5 Å². The molecule has 1 aromatic carbocycles. The van der Waals surface area contributed by atoms with E-state index in [-0.39, 0.29) is 0 Å². The van der Waals surface area contributed by atoms with Crippen LogP contribution in [0.2, 0.25) is 5.15 Å². The Morgan fingerprint density at radius 2 is 1.86 bits per heavy atom. The van der Waals surface area contributed by atoms with Gasteiger partial charge in [0.2, 0.25) is 0 Å². The van der Waals surface area contributed by atoms with Gasteiger partial charge in [-0.3, -0.25) is 14.4 Å². The second-order valence-electron chi connectivity index (χ2n) is 9.20. The molecule has 4 aromatic heterocycles. The van der Waals surface area contributed by atoms with Crippen LogP contribution in [0.25, 0.3) is 27.7 Å². The van der Waals surface area contributed by atoms with Crippen molar-refractivity contribution in [3.63, 3.8) is 0 Å². The van der Waals surface area contributed by atoms with Gasteiger partial charge < -0.3 is 10.2 Å². The van der Waals surface area contributed by atoms with E-state index in [2.05, 4.69) is 62.3 Å². The number of aromatic amines is 1. The second-order valence-corrected chi connectivity index (χ2v) is 9.56. The van der Waals surface area contributed by atoms with E-state index in [0.29, 0.717) is 11.2 Å². The molecular formula is C26H27ClN8. The Hall–Kier alpha value is -3.62. The molecule has 0 unspecified atom stereocenters. The molecule has 8 nitrogen and oxygen atoms in total. The third kappa shape index (κ3) is 4.09. The topological polar surface area (TPSA) is 77.4 Å². The number of nitrogens with one attached hydrogen (secondary N) is 2. The highest BCUT2D eigenvalue weighted by atomic mass is 35.5. The maximum Gasteiger partial charge on any atom is 0.161 e. The first-order chi connectivity index (χ1) is 17.1. The third-order valence-corrected chi connectivity index (χ3v) is 7.16. The van der Waals surface area contributed by atoms with Crippen LogP contribution in [0, 0.1) is 0 Å². The molecule has 0 radical (unpaired) electrons. The van der Waals surface area contributed by atoms with E-state index >= 15 is 0 Å². The highest BCUT2D eigenvalue weighted by Gasteiger charge is 2.19. The van der Waals surface area contributed by atoms with Crippen LogP contribution in [0.15, 0.2) is 61.2 Å². The van der Waals surface area contributed by atoms with Gasteiger partial charge in [0.15, 0.2) is 5.65 Å². The molecule has 1 fully saturated rings. The summed E-state index contributed by atoms with van der Waals surface area (Å²) in [6.45, 7) is 8.70. The fourth-order valence-electron chi connectivity index (χ4n) is 4.74. The normalized spacial score (nSPS) is 14.9. The molecule has 0 amide bonds. The quantitative estimate of drug-likeness (QED) is 0.332. The predicted molar refractivity (Wildman–Crippen MR) is 142 cm³/mol. The summed E-state index contributed by atoms with van der Waals surface area (Å²) in [6, 6.07) is 12.9. The summed E-state index contributed by atoms with van der Waals surface area (Å²) in [4.78, 5) is 14.1. The molecule has 35 heavy (non-hydrogen) atoms. The Morgan fingerprint density at radius 3 is 2.63 bits per heavy atom. The van der Waals surface area contributed by atoms with Gasteiger partial charge in [-0.1, -0.05) is 23.7 Å². The second kappa shape index (κ2) is 8.87. The summed E-state index contributed by atoms with van der Waals surface area (Å²) < 4.78 is 1.89. The third-order valence-electron chi connectivity index (χ3n) is 6.78. The van der Waals surface area contributed by atoms with E-state index in [0.717, 1.165) is 71.0 Å². The molecule has 6 rings (SSSR count).